The fraction of sp³-hybridized carbons (Fsp3) is 0.292. The summed E-state index contributed by atoms with van der Waals surface area (Å²) in [5, 5.41) is 0. The third-order valence-corrected chi connectivity index (χ3v) is 3.84. The summed E-state index contributed by atoms with van der Waals surface area (Å²) < 4.78 is 16.9. The van der Waals surface area contributed by atoms with E-state index in [2.05, 4.69) is 20.4 Å². The number of allylic oxidation sites excluding steroid dienone is 1. The van der Waals surface area contributed by atoms with Crippen molar-refractivity contribution < 1.29 is 19.0 Å². The molecule has 0 N–H and O–H groups in total. The van der Waals surface area contributed by atoms with Crippen LogP contribution in [-0.2, 0) is 0 Å². The molecule has 0 saturated heterocycles. The van der Waals surface area contributed by atoms with E-state index in [0.29, 0.717) is 36.9 Å². The monoisotopic (exact) mass is 380 g/mol. The molecule has 0 radical (unpaired) electrons. The van der Waals surface area contributed by atoms with Crippen LogP contribution in [0.1, 0.15) is 42.6 Å². The molecule has 0 aromatic heterocycles. The summed E-state index contributed by atoms with van der Waals surface area (Å²) >= 11 is 0. The zero-order valence-corrected chi connectivity index (χ0v) is 16.6. The molecule has 2 aromatic carbocycles. The number of carbonyl (C=O) groups excluding carboxylic acids is 1. The van der Waals surface area contributed by atoms with Gasteiger partial charge in [-0.05, 0) is 61.4 Å². The quantitative estimate of drug-likeness (QED) is 0.268. The summed E-state index contributed by atoms with van der Waals surface area (Å²) in [6.45, 7) is 9.44. The van der Waals surface area contributed by atoms with E-state index in [-0.39, 0.29) is 5.78 Å². The lowest BCUT2D eigenvalue weighted by atomic mass is 10.1. The normalized spacial score (nSPS) is 10.6. The van der Waals surface area contributed by atoms with E-state index in [1.165, 1.54) is 0 Å². The van der Waals surface area contributed by atoms with Gasteiger partial charge in [-0.15, -0.1) is 0 Å². The van der Waals surface area contributed by atoms with Crippen LogP contribution in [0.3, 0.4) is 0 Å². The average Bonchev–Trinajstić information content (AvgIpc) is 2.74. The first kappa shape index (κ1) is 21.3. The van der Waals surface area contributed by atoms with Crippen molar-refractivity contribution in [2.45, 2.75) is 26.7 Å². The lowest BCUT2D eigenvalue weighted by molar-refractivity contribution is 0.104. The van der Waals surface area contributed by atoms with Gasteiger partial charge in [0.15, 0.2) is 5.78 Å². The Morgan fingerprint density at radius 1 is 0.929 bits per heavy atom. The van der Waals surface area contributed by atoms with E-state index in [0.717, 1.165) is 24.2 Å². The van der Waals surface area contributed by atoms with Crippen LogP contribution >= 0.6 is 0 Å². The minimum Gasteiger partial charge on any atom is -0.493 e. The Labute approximate surface area is 167 Å². The number of ether oxygens (including phenoxy) is 3. The van der Waals surface area contributed by atoms with E-state index in [4.69, 9.17) is 14.2 Å². The largest absolute Gasteiger partial charge is 0.493 e. The molecule has 0 spiro atoms. The standard InChI is InChI=1S/C24H28O4/c1-4-15-26-21-11-7-19(8-12-21)23(25)14-10-20-9-13-22(27-16-5-2)18-24(20)28-17-6-3/h4,7-14,18H,1,5-6,15-17H2,2-3H3. The minimum absolute atomic E-state index is 0.0805. The number of ketones is 1. The molecule has 0 atom stereocenters. The minimum atomic E-state index is -0.0805. The van der Waals surface area contributed by atoms with Gasteiger partial charge >= 0.3 is 0 Å². The van der Waals surface area contributed by atoms with E-state index in [1.54, 1.807) is 42.5 Å². The van der Waals surface area contributed by atoms with Crippen LogP contribution in [0.15, 0.2) is 61.2 Å². The Morgan fingerprint density at radius 3 is 2.29 bits per heavy atom. The van der Waals surface area contributed by atoms with Crippen LogP contribution in [0, 0.1) is 0 Å². The summed E-state index contributed by atoms with van der Waals surface area (Å²) in [4.78, 5) is 12.5. The maximum Gasteiger partial charge on any atom is 0.185 e. The summed E-state index contributed by atoms with van der Waals surface area (Å²) in [7, 11) is 0. The van der Waals surface area contributed by atoms with Crippen LogP contribution in [0.2, 0.25) is 0 Å². The predicted molar refractivity (Wildman–Crippen MR) is 114 cm³/mol. The SMILES string of the molecule is C=CCOc1ccc(C(=O)C=Cc2ccc(OCCC)cc2OCCC)cc1. The maximum atomic E-state index is 12.5. The number of hydrogen-bond donors (Lipinski definition) is 0. The first-order chi connectivity index (χ1) is 13.7. The number of benzene rings is 2. The van der Waals surface area contributed by atoms with Gasteiger partial charge in [-0.25, -0.2) is 0 Å². The molecule has 2 rings (SSSR count). The molecular weight excluding hydrogens is 352 g/mol. The van der Waals surface area contributed by atoms with Crippen molar-refractivity contribution >= 4 is 11.9 Å². The van der Waals surface area contributed by atoms with Crippen molar-refractivity contribution in [1.29, 1.82) is 0 Å². The molecule has 0 amide bonds. The van der Waals surface area contributed by atoms with Crippen molar-refractivity contribution in [2.75, 3.05) is 19.8 Å². The molecule has 4 heteroatoms. The van der Waals surface area contributed by atoms with Crippen molar-refractivity contribution in [3.8, 4) is 17.2 Å². The highest BCUT2D eigenvalue weighted by Gasteiger charge is 2.06. The molecule has 0 fully saturated rings. The molecule has 0 unspecified atom stereocenters. The lowest BCUT2D eigenvalue weighted by Crippen LogP contribution is -2.00. The highest BCUT2D eigenvalue weighted by molar-refractivity contribution is 6.07. The second-order valence-electron chi connectivity index (χ2n) is 6.22. The summed E-state index contributed by atoms with van der Waals surface area (Å²) in [5.74, 6) is 2.11. The molecular formula is C24H28O4. The van der Waals surface area contributed by atoms with Gasteiger partial charge in [-0.1, -0.05) is 26.5 Å². The number of carbonyl (C=O) groups is 1. The van der Waals surface area contributed by atoms with Gasteiger partial charge in [0, 0.05) is 17.2 Å². The molecule has 0 bridgehead atoms. The van der Waals surface area contributed by atoms with Gasteiger partial charge in [-0.3, -0.25) is 4.79 Å². The van der Waals surface area contributed by atoms with Crippen LogP contribution < -0.4 is 14.2 Å². The molecule has 2 aromatic rings. The maximum absolute atomic E-state index is 12.5. The van der Waals surface area contributed by atoms with Crippen molar-refractivity contribution in [3.63, 3.8) is 0 Å². The smallest absolute Gasteiger partial charge is 0.185 e. The topological polar surface area (TPSA) is 44.8 Å². The summed E-state index contributed by atoms with van der Waals surface area (Å²) in [5.41, 5.74) is 1.44. The fourth-order valence-corrected chi connectivity index (χ4v) is 2.43. The van der Waals surface area contributed by atoms with Gasteiger partial charge in [0.2, 0.25) is 0 Å². The van der Waals surface area contributed by atoms with E-state index in [9.17, 15) is 4.79 Å². The van der Waals surface area contributed by atoms with Crippen molar-refractivity contribution in [3.05, 3.63) is 72.3 Å². The Kier molecular flexibility index (Phi) is 8.86. The Balaban J connectivity index is 2.12. The summed E-state index contributed by atoms with van der Waals surface area (Å²) in [6.07, 6.45) is 6.86. The van der Waals surface area contributed by atoms with Crippen molar-refractivity contribution in [1.82, 2.24) is 0 Å². The number of rotatable bonds is 12. The first-order valence-electron chi connectivity index (χ1n) is 9.63. The second-order valence-corrected chi connectivity index (χ2v) is 6.22. The van der Waals surface area contributed by atoms with Crippen LogP contribution in [0.5, 0.6) is 17.2 Å². The third-order valence-electron chi connectivity index (χ3n) is 3.84. The Bertz CT molecular complexity index is 791. The van der Waals surface area contributed by atoms with Crippen LogP contribution in [0.4, 0.5) is 0 Å². The molecule has 0 aliphatic rings. The predicted octanol–water partition coefficient (Wildman–Crippen LogP) is 5.73. The highest BCUT2D eigenvalue weighted by atomic mass is 16.5. The Hall–Kier alpha value is -3.01. The van der Waals surface area contributed by atoms with Crippen LogP contribution in [-0.4, -0.2) is 25.6 Å². The zero-order chi connectivity index (χ0) is 20.2. The van der Waals surface area contributed by atoms with Gasteiger partial charge < -0.3 is 14.2 Å². The van der Waals surface area contributed by atoms with Crippen molar-refractivity contribution in [2.24, 2.45) is 0 Å². The highest BCUT2D eigenvalue weighted by Crippen LogP contribution is 2.27. The van der Waals surface area contributed by atoms with Gasteiger partial charge in [-0.2, -0.15) is 0 Å². The molecule has 0 aliphatic heterocycles. The lowest BCUT2D eigenvalue weighted by Gasteiger charge is -2.11. The molecule has 28 heavy (non-hydrogen) atoms. The molecule has 0 aliphatic carbocycles. The second kappa shape index (κ2) is 11.7. The summed E-state index contributed by atoms with van der Waals surface area (Å²) in [6, 6.07) is 12.7. The molecule has 0 saturated carbocycles. The van der Waals surface area contributed by atoms with E-state index < -0.39 is 0 Å². The third kappa shape index (κ3) is 6.62. The molecule has 4 nitrogen and oxygen atoms in total. The van der Waals surface area contributed by atoms with Gasteiger partial charge in [0.05, 0.1) is 13.2 Å². The zero-order valence-electron chi connectivity index (χ0n) is 16.6. The van der Waals surface area contributed by atoms with Crippen LogP contribution in [0.25, 0.3) is 6.08 Å². The van der Waals surface area contributed by atoms with Gasteiger partial charge in [0.25, 0.3) is 0 Å². The Morgan fingerprint density at radius 2 is 1.61 bits per heavy atom. The van der Waals surface area contributed by atoms with E-state index in [1.807, 2.05) is 18.2 Å². The number of hydrogen-bond acceptors (Lipinski definition) is 4. The average molecular weight is 380 g/mol. The van der Waals surface area contributed by atoms with E-state index >= 15 is 0 Å². The first-order valence-corrected chi connectivity index (χ1v) is 9.63. The molecule has 0 heterocycles. The fourth-order valence-electron chi connectivity index (χ4n) is 2.43. The van der Waals surface area contributed by atoms with Gasteiger partial charge in [0.1, 0.15) is 23.9 Å². The molecule has 148 valence electrons.